The highest BCUT2D eigenvalue weighted by Crippen LogP contribution is 2.39. The van der Waals surface area contributed by atoms with Crippen molar-refractivity contribution in [2.24, 2.45) is 5.10 Å². The second-order valence-electron chi connectivity index (χ2n) is 5.46. The van der Waals surface area contributed by atoms with Gasteiger partial charge in [-0.3, -0.25) is 4.79 Å². The number of nitrogens with zero attached hydrogens (tertiary/aromatic N) is 1. The third-order valence-corrected chi connectivity index (χ3v) is 4.46. The van der Waals surface area contributed by atoms with E-state index in [1.165, 1.54) is 12.3 Å². The molecule has 7 nitrogen and oxygen atoms in total. The third kappa shape index (κ3) is 4.20. The molecule has 0 bridgehead atoms. The summed E-state index contributed by atoms with van der Waals surface area (Å²) in [7, 11) is 0. The van der Waals surface area contributed by atoms with Crippen LogP contribution in [0.4, 0.5) is 0 Å². The summed E-state index contributed by atoms with van der Waals surface area (Å²) in [5, 5.41) is 14.3. The van der Waals surface area contributed by atoms with Gasteiger partial charge in [0, 0.05) is 6.07 Å². The molecule has 142 valence electrons. The molecule has 1 heterocycles. The molecule has 2 aromatic rings. The zero-order valence-electron chi connectivity index (χ0n) is 14.2. The largest absolute Gasteiger partial charge is 0.504 e. The smallest absolute Gasteiger partial charge is 0.284 e. The van der Waals surface area contributed by atoms with Crippen LogP contribution in [0, 0.1) is 0 Å². The molecular formula is C18H16Cl2N2O5. The molecule has 2 aromatic carbocycles. The zero-order chi connectivity index (χ0) is 19.4. The Hall–Kier alpha value is -2.64. The minimum atomic E-state index is -0.862. The van der Waals surface area contributed by atoms with E-state index in [4.69, 9.17) is 37.4 Å². The SMILES string of the molecule is CCOc1cc(Cl)c(Cl)c(/C=N/NC(=O)[C@@H]2COc3ccccc3O2)c1O. The lowest BCUT2D eigenvalue weighted by atomic mass is 10.2. The highest BCUT2D eigenvalue weighted by atomic mass is 35.5. The fourth-order valence-electron chi connectivity index (χ4n) is 2.38. The Morgan fingerprint density at radius 1 is 1.41 bits per heavy atom. The number of benzene rings is 2. The average molecular weight is 411 g/mol. The molecule has 0 aliphatic carbocycles. The second-order valence-corrected chi connectivity index (χ2v) is 6.25. The number of hydrogen-bond donors (Lipinski definition) is 2. The molecule has 0 radical (unpaired) electrons. The summed E-state index contributed by atoms with van der Waals surface area (Å²) in [5.74, 6) is 0.480. The number of ether oxygens (including phenoxy) is 3. The van der Waals surface area contributed by atoms with Crippen LogP contribution in [0.25, 0.3) is 0 Å². The molecule has 27 heavy (non-hydrogen) atoms. The van der Waals surface area contributed by atoms with Gasteiger partial charge in [0.05, 0.1) is 28.4 Å². The summed E-state index contributed by atoms with van der Waals surface area (Å²) in [6.07, 6.45) is 0.321. The number of hydrazone groups is 1. The van der Waals surface area contributed by atoms with Gasteiger partial charge in [-0.2, -0.15) is 5.10 Å². The van der Waals surface area contributed by atoms with Crippen LogP contribution in [-0.4, -0.2) is 36.5 Å². The van der Waals surface area contributed by atoms with Crippen molar-refractivity contribution in [3.63, 3.8) is 0 Å². The second kappa shape index (κ2) is 8.37. The van der Waals surface area contributed by atoms with Gasteiger partial charge in [0.25, 0.3) is 5.91 Å². The Balaban J connectivity index is 1.70. The van der Waals surface area contributed by atoms with Crippen LogP contribution in [0.3, 0.4) is 0 Å². The first-order valence-corrected chi connectivity index (χ1v) is 8.82. The zero-order valence-corrected chi connectivity index (χ0v) is 15.8. The van der Waals surface area contributed by atoms with Crippen LogP contribution < -0.4 is 19.6 Å². The van der Waals surface area contributed by atoms with Gasteiger partial charge in [-0.1, -0.05) is 35.3 Å². The van der Waals surface area contributed by atoms with Crippen molar-refractivity contribution in [3.05, 3.63) is 45.9 Å². The molecule has 1 amide bonds. The van der Waals surface area contributed by atoms with Gasteiger partial charge < -0.3 is 19.3 Å². The summed E-state index contributed by atoms with van der Waals surface area (Å²) < 4.78 is 16.4. The van der Waals surface area contributed by atoms with Crippen molar-refractivity contribution in [1.82, 2.24) is 5.43 Å². The molecule has 0 saturated carbocycles. The quantitative estimate of drug-likeness (QED) is 0.582. The number of aromatic hydroxyl groups is 1. The first-order chi connectivity index (χ1) is 13.0. The molecular weight excluding hydrogens is 395 g/mol. The lowest BCUT2D eigenvalue weighted by Crippen LogP contribution is -2.42. The fourth-order valence-corrected chi connectivity index (χ4v) is 2.77. The topological polar surface area (TPSA) is 89.4 Å². The molecule has 0 fully saturated rings. The molecule has 3 rings (SSSR count). The number of rotatable bonds is 5. The van der Waals surface area contributed by atoms with E-state index in [9.17, 15) is 9.90 Å². The summed E-state index contributed by atoms with van der Waals surface area (Å²) in [6.45, 7) is 2.15. The Bertz CT molecular complexity index is 888. The van der Waals surface area contributed by atoms with Crippen molar-refractivity contribution in [2.75, 3.05) is 13.2 Å². The molecule has 1 atom stereocenters. The van der Waals surface area contributed by atoms with Crippen LogP contribution in [0.15, 0.2) is 35.4 Å². The number of carbonyl (C=O) groups is 1. The number of carbonyl (C=O) groups excluding carboxylic acids is 1. The average Bonchev–Trinajstić information content (AvgIpc) is 2.68. The Labute approximate surface area is 165 Å². The Morgan fingerprint density at radius 3 is 2.89 bits per heavy atom. The van der Waals surface area contributed by atoms with Crippen molar-refractivity contribution in [2.45, 2.75) is 13.0 Å². The number of nitrogens with one attached hydrogen (secondary N) is 1. The number of hydrogen-bond acceptors (Lipinski definition) is 6. The van der Waals surface area contributed by atoms with E-state index >= 15 is 0 Å². The van der Waals surface area contributed by atoms with E-state index in [1.807, 2.05) is 6.07 Å². The molecule has 9 heteroatoms. The van der Waals surface area contributed by atoms with E-state index < -0.39 is 12.0 Å². The fraction of sp³-hybridized carbons (Fsp3) is 0.222. The number of phenols is 1. The summed E-state index contributed by atoms with van der Waals surface area (Å²) in [6, 6.07) is 8.45. The maximum absolute atomic E-state index is 12.2. The predicted octanol–water partition coefficient (Wildman–Crippen LogP) is 3.39. The van der Waals surface area contributed by atoms with E-state index in [0.29, 0.717) is 18.1 Å². The van der Waals surface area contributed by atoms with Gasteiger partial charge >= 0.3 is 0 Å². The van der Waals surface area contributed by atoms with Crippen LogP contribution in [0.2, 0.25) is 10.0 Å². The van der Waals surface area contributed by atoms with Gasteiger partial charge in [-0.05, 0) is 19.1 Å². The monoisotopic (exact) mass is 410 g/mol. The lowest BCUT2D eigenvalue weighted by molar-refractivity contribution is -0.130. The van der Waals surface area contributed by atoms with E-state index in [1.54, 1.807) is 25.1 Å². The molecule has 2 N–H and O–H groups in total. The molecule has 1 aliphatic heterocycles. The minimum absolute atomic E-state index is 0.0516. The summed E-state index contributed by atoms with van der Waals surface area (Å²) >= 11 is 12.1. The van der Waals surface area contributed by atoms with Crippen molar-refractivity contribution in [1.29, 1.82) is 0 Å². The lowest BCUT2D eigenvalue weighted by Gasteiger charge is -2.24. The summed E-state index contributed by atoms with van der Waals surface area (Å²) in [5.41, 5.74) is 2.45. The van der Waals surface area contributed by atoms with Crippen LogP contribution in [-0.2, 0) is 4.79 Å². The minimum Gasteiger partial charge on any atom is -0.504 e. The maximum Gasteiger partial charge on any atom is 0.284 e. The molecule has 0 spiro atoms. The first kappa shape index (κ1) is 19.1. The highest BCUT2D eigenvalue weighted by Gasteiger charge is 2.27. The predicted molar refractivity (Wildman–Crippen MR) is 101 cm³/mol. The number of para-hydroxylation sites is 2. The van der Waals surface area contributed by atoms with Gasteiger partial charge in [-0.25, -0.2) is 5.43 Å². The van der Waals surface area contributed by atoms with Gasteiger partial charge in [-0.15, -0.1) is 0 Å². The van der Waals surface area contributed by atoms with Crippen LogP contribution in [0.5, 0.6) is 23.0 Å². The first-order valence-electron chi connectivity index (χ1n) is 8.06. The van der Waals surface area contributed by atoms with Gasteiger partial charge in [0.2, 0.25) is 6.10 Å². The summed E-state index contributed by atoms with van der Waals surface area (Å²) in [4.78, 5) is 12.2. The van der Waals surface area contributed by atoms with Crippen molar-refractivity contribution in [3.8, 4) is 23.0 Å². The highest BCUT2D eigenvalue weighted by molar-refractivity contribution is 6.43. The van der Waals surface area contributed by atoms with Gasteiger partial charge in [0.15, 0.2) is 23.0 Å². The maximum atomic E-state index is 12.2. The van der Waals surface area contributed by atoms with Crippen LogP contribution in [0.1, 0.15) is 12.5 Å². The number of amides is 1. The molecule has 0 saturated heterocycles. The standard InChI is InChI=1S/C18H16Cl2N2O5/c1-2-25-14-7-11(19)16(20)10(17(14)23)8-21-22-18(24)15-9-26-12-5-3-4-6-13(12)27-15/h3-8,15,23H,2,9H2,1H3,(H,22,24)/b21-8+/t15-/m0/s1. The van der Waals surface area contributed by atoms with Gasteiger partial charge in [0.1, 0.15) is 6.61 Å². The third-order valence-electron chi connectivity index (χ3n) is 3.66. The van der Waals surface area contributed by atoms with E-state index in [2.05, 4.69) is 10.5 Å². The van der Waals surface area contributed by atoms with Crippen LogP contribution >= 0.6 is 23.2 Å². The molecule has 1 aliphatic rings. The van der Waals surface area contributed by atoms with E-state index in [0.717, 1.165) is 0 Å². The van der Waals surface area contributed by atoms with Crippen molar-refractivity contribution >= 4 is 35.3 Å². The normalized spacial score (nSPS) is 15.6. The number of fused-ring (bicyclic) bond motifs is 1. The Kier molecular flexibility index (Phi) is 5.93. The van der Waals surface area contributed by atoms with Crippen molar-refractivity contribution < 1.29 is 24.1 Å². The molecule has 0 aromatic heterocycles. The van der Waals surface area contributed by atoms with E-state index in [-0.39, 0.29) is 33.7 Å². The Morgan fingerprint density at radius 2 is 2.15 bits per heavy atom. The molecule has 0 unspecified atom stereocenters. The number of phenolic OH excluding ortho intramolecular Hbond substituents is 1. The number of halogens is 2.